The molecule has 1 N–H and O–H groups in total. The second-order valence-corrected chi connectivity index (χ2v) is 9.24. The number of nitrogens with one attached hydrogen (secondary N) is 1. The number of amides is 1. The van der Waals surface area contributed by atoms with Crippen molar-refractivity contribution in [2.45, 2.75) is 32.1 Å². The summed E-state index contributed by atoms with van der Waals surface area (Å²) < 4.78 is 45.3. The number of carbonyl (C=O) groups is 2. The number of thiazole rings is 1. The summed E-state index contributed by atoms with van der Waals surface area (Å²) in [4.78, 5) is 41.2. The van der Waals surface area contributed by atoms with Gasteiger partial charge in [-0.25, -0.2) is 14.5 Å². The number of thiophene rings is 1. The van der Waals surface area contributed by atoms with Crippen LogP contribution in [0.15, 0.2) is 33.8 Å². The molecule has 1 unspecified atom stereocenters. The van der Waals surface area contributed by atoms with Crippen LogP contribution < -0.4 is 10.9 Å². The number of aromatic nitrogens is 3. The van der Waals surface area contributed by atoms with E-state index in [2.05, 4.69) is 20.1 Å². The van der Waals surface area contributed by atoms with Crippen LogP contribution in [-0.2, 0) is 33.5 Å². The molecular formula is C21H17F3N4O4S2. The van der Waals surface area contributed by atoms with Gasteiger partial charge in [-0.15, -0.1) is 11.3 Å². The van der Waals surface area contributed by atoms with Crippen LogP contribution in [0.2, 0.25) is 0 Å². The smallest absolute Gasteiger partial charge is 0.416 e. The zero-order valence-corrected chi connectivity index (χ0v) is 19.4. The van der Waals surface area contributed by atoms with E-state index in [1.54, 1.807) is 10.8 Å². The molecule has 0 spiro atoms. The van der Waals surface area contributed by atoms with Gasteiger partial charge in [0.1, 0.15) is 11.0 Å². The second-order valence-electron chi connectivity index (χ2n) is 7.39. The van der Waals surface area contributed by atoms with Crippen LogP contribution in [0.5, 0.6) is 0 Å². The molecule has 4 rings (SSSR count). The molecule has 178 valence electrons. The Balaban J connectivity index is 1.64. The lowest BCUT2D eigenvalue weighted by atomic mass is 10.1. The van der Waals surface area contributed by atoms with Crippen molar-refractivity contribution >= 4 is 55.5 Å². The van der Waals surface area contributed by atoms with E-state index in [0.29, 0.717) is 26.2 Å². The van der Waals surface area contributed by atoms with Crippen LogP contribution >= 0.6 is 22.7 Å². The van der Waals surface area contributed by atoms with Gasteiger partial charge in [0.2, 0.25) is 5.91 Å². The van der Waals surface area contributed by atoms with Crippen molar-refractivity contribution in [2.75, 3.05) is 7.11 Å². The van der Waals surface area contributed by atoms with Crippen molar-refractivity contribution < 1.29 is 27.5 Å². The Morgan fingerprint density at radius 2 is 1.97 bits per heavy atom. The molecule has 1 amide bonds. The van der Waals surface area contributed by atoms with Crippen molar-refractivity contribution in [3.63, 3.8) is 0 Å². The minimum atomic E-state index is -4.48. The molecule has 0 bridgehead atoms. The topological polar surface area (TPSA) is 103 Å². The Labute approximate surface area is 198 Å². The van der Waals surface area contributed by atoms with E-state index in [9.17, 15) is 27.6 Å². The maximum Gasteiger partial charge on any atom is 0.416 e. The fourth-order valence-electron chi connectivity index (χ4n) is 3.34. The number of nitrogens with zero attached hydrogens (tertiary/aromatic N) is 3. The summed E-state index contributed by atoms with van der Waals surface area (Å²) in [6, 6.07) is 2.44. The van der Waals surface area contributed by atoms with Gasteiger partial charge in [0.25, 0.3) is 5.56 Å². The summed E-state index contributed by atoms with van der Waals surface area (Å²) in [5.74, 6) is -1.08. The number of halogens is 3. The molecule has 3 heterocycles. The summed E-state index contributed by atoms with van der Waals surface area (Å²) in [7, 11) is 1.21. The minimum Gasteiger partial charge on any atom is -0.467 e. The Morgan fingerprint density at radius 1 is 1.24 bits per heavy atom. The number of benzene rings is 1. The van der Waals surface area contributed by atoms with Gasteiger partial charge in [0.05, 0.1) is 46.9 Å². The highest BCUT2D eigenvalue weighted by Crippen LogP contribution is 2.33. The van der Waals surface area contributed by atoms with Gasteiger partial charge >= 0.3 is 12.1 Å². The highest BCUT2D eigenvalue weighted by atomic mass is 32.1. The maximum absolute atomic E-state index is 13.0. The molecule has 1 atom stereocenters. The molecule has 0 saturated carbocycles. The number of fused-ring (bicyclic) bond motifs is 2. The third kappa shape index (κ3) is 4.80. The highest BCUT2D eigenvalue weighted by molar-refractivity contribution is 7.18. The normalized spacial score (nSPS) is 12.7. The molecule has 13 heteroatoms. The van der Waals surface area contributed by atoms with Crippen molar-refractivity contribution in [2.24, 2.45) is 0 Å². The summed E-state index contributed by atoms with van der Waals surface area (Å²) in [6.45, 7) is 1.41. The molecule has 0 saturated heterocycles. The second kappa shape index (κ2) is 9.14. The lowest BCUT2D eigenvalue weighted by Gasteiger charge is -2.12. The molecule has 1 aromatic carbocycles. The van der Waals surface area contributed by atoms with Crippen molar-refractivity contribution in [3.05, 3.63) is 55.6 Å². The van der Waals surface area contributed by atoms with E-state index < -0.39 is 35.2 Å². The Kier molecular flexibility index (Phi) is 6.41. The van der Waals surface area contributed by atoms with E-state index in [0.717, 1.165) is 28.2 Å². The molecule has 0 radical (unpaired) electrons. The van der Waals surface area contributed by atoms with E-state index in [1.807, 2.05) is 0 Å². The first-order chi connectivity index (χ1) is 16.1. The number of alkyl halides is 3. The van der Waals surface area contributed by atoms with Gasteiger partial charge in [0.15, 0.2) is 0 Å². The van der Waals surface area contributed by atoms with Crippen LogP contribution in [-0.4, -0.2) is 39.8 Å². The zero-order chi connectivity index (χ0) is 24.6. The number of hydrogen-bond acceptors (Lipinski definition) is 8. The fourth-order valence-corrected chi connectivity index (χ4v) is 5.10. The predicted molar refractivity (Wildman–Crippen MR) is 121 cm³/mol. The lowest BCUT2D eigenvalue weighted by Crippen LogP contribution is -2.40. The first kappa shape index (κ1) is 23.8. The standard InChI is InChI=1S/C21H17F3N4O4S2/c1-10(20(31)32-2)25-17(29)6-14-12-8-33-9-13(12)19(30)28(27-14)7-18-26-15-5-11(21(22,23)24)3-4-16(15)34-18/h3-5,8-10H,6-7H2,1-2H3,(H,25,29). The third-order valence-corrected chi connectivity index (χ3v) is 6.75. The summed E-state index contributed by atoms with van der Waals surface area (Å²) in [5.41, 5.74) is -0.707. The number of hydrogen-bond donors (Lipinski definition) is 1. The number of ether oxygens (including phenoxy) is 1. The van der Waals surface area contributed by atoms with Gasteiger partial charge in [-0.3, -0.25) is 9.59 Å². The predicted octanol–water partition coefficient (Wildman–Crippen LogP) is 3.36. The van der Waals surface area contributed by atoms with Gasteiger partial charge < -0.3 is 10.1 Å². The molecule has 34 heavy (non-hydrogen) atoms. The Morgan fingerprint density at radius 3 is 2.68 bits per heavy atom. The van der Waals surface area contributed by atoms with Gasteiger partial charge in [0, 0.05) is 16.1 Å². The highest BCUT2D eigenvalue weighted by Gasteiger charge is 2.30. The first-order valence-electron chi connectivity index (χ1n) is 9.86. The number of methoxy groups -OCH3 is 1. The molecule has 4 aromatic rings. The molecule has 0 aliphatic heterocycles. The fraction of sp³-hybridized carbons (Fsp3) is 0.286. The summed E-state index contributed by atoms with van der Waals surface area (Å²) in [6.07, 6.45) is -4.68. The van der Waals surface area contributed by atoms with Crippen LogP contribution in [0.3, 0.4) is 0 Å². The first-order valence-corrected chi connectivity index (χ1v) is 11.6. The quantitative estimate of drug-likeness (QED) is 0.399. The summed E-state index contributed by atoms with van der Waals surface area (Å²) in [5, 5.41) is 11.5. The van der Waals surface area contributed by atoms with Gasteiger partial charge in [-0.05, 0) is 25.1 Å². The van der Waals surface area contributed by atoms with Gasteiger partial charge in [-0.2, -0.15) is 29.6 Å². The van der Waals surface area contributed by atoms with E-state index in [1.165, 1.54) is 31.4 Å². The molecule has 0 aliphatic rings. The van der Waals surface area contributed by atoms with Crippen LogP contribution in [0.4, 0.5) is 13.2 Å². The molecule has 0 aliphatic carbocycles. The van der Waals surface area contributed by atoms with Crippen molar-refractivity contribution in [1.82, 2.24) is 20.1 Å². The number of rotatable bonds is 6. The maximum atomic E-state index is 13.0. The van der Waals surface area contributed by atoms with Crippen LogP contribution in [0.25, 0.3) is 21.0 Å². The average Bonchev–Trinajstić information content (AvgIpc) is 3.42. The van der Waals surface area contributed by atoms with Crippen LogP contribution in [0, 0.1) is 0 Å². The SMILES string of the molecule is COC(=O)C(C)NC(=O)Cc1nn(Cc2nc3cc(C(F)(F)F)ccc3s2)c(=O)c2cscc12. The monoisotopic (exact) mass is 510 g/mol. The molecular weight excluding hydrogens is 493 g/mol. The molecule has 3 aromatic heterocycles. The largest absolute Gasteiger partial charge is 0.467 e. The van der Waals surface area contributed by atoms with Gasteiger partial charge in [-0.1, -0.05) is 0 Å². The third-order valence-electron chi connectivity index (χ3n) is 4.98. The number of carbonyl (C=O) groups excluding carboxylic acids is 2. The average molecular weight is 511 g/mol. The van der Waals surface area contributed by atoms with E-state index >= 15 is 0 Å². The van der Waals surface area contributed by atoms with E-state index in [4.69, 9.17) is 0 Å². The lowest BCUT2D eigenvalue weighted by molar-refractivity contribution is -0.144. The Hall–Kier alpha value is -3.32. The van der Waals surface area contributed by atoms with E-state index in [-0.39, 0.29) is 18.5 Å². The zero-order valence-electron chi connectivity index (χ0n) is 17.8. The molecule has 0 fully saturated rings. The van der Waals surface area contributed by atoms with Crippen LogP contribution in [0.1, 0.15) is 23.2 Å². The summed E-state index contributed by atoms with van der Waals surface area (Å²) >= 11 is 2.43. The number of esters is 1. The minimum absolute atomic E-state index is 0.0709. The Bertz CT molecular complexity index is 1460. The molecule has 8 nitrogen and oxygen atoms in total. The van der Waals surface area contributed by atoms with Crippen molar-refractivity contribution in [1.29, 1.82) is 0 Å². The van der Waals surface area contributed by atoms with Crippen molar-refractivity contribution in [3.8, 4) is 0 Å².